The van der Waals surface area contributed by atoms with Gasteiger partial charge >= 0.3 is 6.03 Å². The largest absolute Gasteiger partial charge is 0.335 e. The molecule has 134 valence electrons. The first-order valence-electron chi connectivity index (χ1n) is 8.58. The quantitative estimate of drug-likeness (QED) is 0.339. The van der Waals surface area contributed by atoms with Crippen LogP contribution in [0.2, 0.25) is 0 Å². The molecule has 0 spiro atoms. The fraction of sp³-hybridized carbons (Fsp3) is 0.350. The molecule has 0 saturated carbocycles. The highest BCUT2D eigenvalue weighted by Gasteiger charge is 2.13. The maximum absolute atomic E-state index is 12.0. The van der Waals surface area contributed by atoms with Crippen LogP contribution in [-0.2, 0) is 18.6 Å². The Labute approximate surface area is 154 Å². The topological polar surface area (TPSA) is 58.4 Å². The maximum atomic E-state index is 12.0. The molecule has 5 heteroatoms. The van der Waals surface area contributed by atoms with Gasteiger partial charge in [0.2, 0.25) is 0 Å². The van der Waals surface area contributed by atoms with Crippen LogP contribution in [0.4, 0.5) is 10.5 Å². The van der Waals surface area contributed by atoms with Crippen molar-refractivity contribution in [3.63, 3.8) is 0 Å². The van der Waals surface area contributed by atoms with Crippen LogP contribution in [-0.4, -0.2) is 18.1 Å². The molecule has 2 aromatic carbocycles. The first-order valence-corrected chi connectivity index (χ1v) is 9.57. The van der Waals surface area contributed by atoms with E-state index < -0.39 is 0 Å². The molecule has 0 aliphatic carbocycles. The smallest absolute Gasteiger partial charge is 0.306 e. The number of nitrogens with one attached hydrogen (secondary N) is 1. The minimum Gasteiger partial charge on any atom is -0.306 e. The zero-order valence-electron chi connectivity index (χ0n) is 15.4. The van der Waals surface area contributed by atoms with Crippen LogP contribution in [0.15, 0.2) is 41.3 Å². The van der Waals surface area contributed by atoms with E-state index in [1.807, 2.05) is 23.9 Å². The minimum atomic E-state index is -0.316. The molecule has 0 saturated heterocycles. The van der Waals surface area contributed by atoms with Crippen LogP contribution in [0.5, 0.6) is 0 Å². The standard InChI is InChI=1S/C20H27N3OS/c1-5-15-11-10-14(3)19(12-15)25-13-17-16(6-2)8-7-9-18(17)22-20(24)23(4)21/h7-12H,5-6,13,21H2,1-4H3,(H,22,24). The highest BCUT2D eigenvalue weighted by atomic mass is 32.2. The van der Waals surface area contributed by atoms with E-state index in [-0.39, 0.29) is 6.03 Å². The van der Waals surface area contributed by atoms with Crippen LogP contribution >= 0.6 is 11.8 Å². The maximum Gasteiger partial charge on any atom is 0.335 e. The average Bonchev–Trinajstić information content (AvgIpc) is 2.61. The molecule has 0 aromatic heterocycles. The first kappa shape index (κ1) is 19.3. The number of carbonyl (C=O) groups is 1. The summed E-state index contributed by atoms with van der Waals surface area (Å²) in [5.41, 5.74) is 5.86. The van der Waals surface area contributed by atoms with Crippen LogP contribution in [0, 0.1) is 6.92 Å². The molecule has 0 unspecified atom stereocenters. The molecule has 3 N–H and O–H groups in total. The number of carbonyl (C=O) groups excluding carboxylic acids is 1. The van der Waals surface area contributed by atoms with Gasteiger partial charge in [0, 0.05) is 23.4 Å². The molecule has 2 amide bonds. The summed E-state index contributed by atoms with van der Waals surface area (Å²) in [7, 11) is 1.53. The molecule has 0 atom stereocenters. The highest BCUT2D eigenvalue weighted by Crippen LogP contribution is 2.32. The van der Waals surface area contributed by atoms with E-state index >= 15 is 0 Å². The Balaban J connectivity index is 2.27. The van der Waals surface area contributed by atoms with Crippen molar-refractivity contribution in [1.82, 2.24) is 5.01 Å². The van der Waals surface area contributed by atoms with Gasteiger partial charge in [-0.2, -0.15) is 0 Å². The van der Waals surface area contributed by atoms with E-state index in [0.717, 1.165) is 34.9 Å². The van der Waals surface area contributed by atoms with Crippen molar-refractivity contribution in [2.45, 2.75) is 44.3 Å². The summed E-state index contributed by atoms with van der Waals surface area (Å²) in [6.45, 7) is 6.44. The first-order chi connectivity index (χ1) is 12.0. The van der Waals surface area contributed by atoms with E-state index in [0.29, 0.717) is 0 Å². The van der Waals surface area contributed by atoms with Crippen molar-refractivity contribution >= 4 is 23.5 Å². The summed E-state index contributed by atoms with van der Waals surface area (Å²) in [6, 6.07) is 12.3. The summed E-state index contributed by atoms with van der Waals surface area (Å²) in [5, 5.41) is 3.97. The Morgan fingerprint density at radius 3 is 2.60 bits per heavy atom. The molecule has 2 aromatic rings. The molecule has 2 rings (SSSR count). The molecular weight excluding hydrogens is 330 g/mol. The fourth-order valence-electron chi connectivity index (χ4n) is 2.63. The monoisotopic (exact) mass is 357 g/mol. The van der Waals surface area contributed by atoms with Crippen molar-refractivity contribution in [2.75, 3.05) is 12.4 Å². The van der Waals surface area contributed by atoms with Gasteiger partial charge in [0.25, 0.3) is 0 Å². The number of amides is 2. The second-order valence-corrected chi connectivity index (χ2v) is 7.10. The lowest BCUT2D eigenvalue weighted by Gasteiger charge is -2.17. The van der Waals surface area contributed by atoms with Gasteiger partial charge in [0.15, 0.2) is 0 Å². The molecule has 0 bridgehead atoms. The van der Waals surface area contributed by atoms with E-state index in [1.165, 1.54) is 28.6 Å². The van der Waals surface area contributed by atoms with Crippen molar-refractivity contribution in [3.05, 3.63) is 58.7 Å². The van der Waals surface area contributed by atoms with Gasteiger partial charge in [-0.1, -0.05) is 38.1 Å². The van der Waals surface area contributed by atoms with Crippen LogP contribution in [0.3, 0.4) is 0 Å². The molecule has 0 aliphatic rings. The van der Waals surface area contributed by atoms with Crippen LogP contribution < -0.4 is 11.2 Å². The van der Waals surface area contributed by atoms with Gasteiger partial charge in [-0.15, -0.1) is 11.8 Å². The number of thioether (sulfide) groups is 1. The third-order valence-electron chi connectivity index (χ3n) is 4.25. The number of nitrogens with two attached hydrogens (primary N) is 1. The normalized spacial score (nSPS) is 10.6. The number of anilines is 1. The lowest BCUT2D eigenvalue weighted by atomic mass is 10.0. The van der Waals surface area contributed by atoms with E-state index in [1.54, 1.807) is 0 Å². The highest BCUT2D eigenvalue weighted by molar-refractivity contribution is 7.98. The van der Waals surface area contributed by atoms with Crippen molar-refractivity contribution in [1.29, 1.82) is 0 Å². The number of aryl methyl sites for hydroxylation is 3. The zero-order chi connectivity index (χ0) is 18.4. The second-order valence-electron chi connectivity index (χ2n) is 6.08. The summed E-state index contributed by atoms with van der Waals surface area (Å²) < 4.78 is 0. The number of nitrogens with zero attached hydrogens (tertiary/aromatic N) is 1. The van der Waals surface area contributed by atoms with Gasteiger partial charge in [0.1, 0.15) is 0 Å². The predicted molar refractivity (Wildman–Crippen MR) is 107 cm³/mol. The fourth-order valence-corrected chi connectivity index (χ4v) is 3.80. The Bertz CT molecular complexity index is 744. The number of hydrogen-bond donors (Lipinski definition) is 2. The van der Waals surface area contributed by atoms with Gasteiger partial charge in [-0.25, -0.2) is 10.6 Å². The Kier molecular flexibility index (Phi) is 6.91. The van der Waals surface area contributed by atoms with Crippen LogP contribution in [0.25, 0.3) is 0 Å². The minimum absolute atomic E-state index is 0.316. The third kappa shape index (κ3) is 5.00. The molecule has 25 heavy (non-hydrogen) atoms. The molecular formula is C20H27N3OS. The second kappa shape index (κ2) is 8.92. The van der Waals surface area contributed by atoms with E-state index in [4.69, 9.17) is 5.84 Å². The lowest BCUT2D eigenvalue weighted by molar-refractivity contribution is 0.223. The molecule has 0 radical (unpaired) electrons. The number of hydrazine groups is 1. The predicted octanol–water partition coefficient (Wildman–Crippen LogP) is 4.75. The third-order valence-corrected chi connectivity index (χ3v) is 5.43. The number of benzene rings is 2. The summed E-state index contributed by atoms with van der Waals surface area (Å²) >= 11 is 1.81. The summed E-state index contributed by atoms with van der Waals surface area (Å²) in [5.74, 6) is 6.34. The van der Waals surface area contributed by atoms with Crippen LogP contribution in [0.1, 0.15) is 36.1 Å². The molecule has 0 aliphatic heterocycles. The van der Waals surface area contributed by atoms with Crippen molar-refractivity contribution in [3.8, 4) is 0 Å². The van der Waals surface area contributed by atoms with Gasteiger partial charge in [0.05, 0.1) is 0 Å². The SMILES string of the molecule is CCc1ccc(C)c(SCc2c(CC)cccc2NC(=O)N(C)N)c1. The Hall–Kier alpha value is -1.98. The van der Waals surface area contributed by atoms with Gasteiger partial charge in [-0.3, -0.25) is 5.01 Å². The molecule has 0 fully saturated rings. The van der Waals surface area contributed by atoms with Gasteiger partial charge < -0.3 is 5.32 Å². The molecule has 0 heterocycles. The Morgan fingerprint density at radius 2 is 1.96 bits per heavy atom. The zero-order valence-corrected chi connectivity index (χ0v) is 16.2. The van der Waals surface area contributed by atoms with Crippen molar-refractivity contribution in [2.24, 2.45) is 5.84 Å². The van der Waals surface area contributed by atoms with Crippen molar-refractivity contribution < 1.29 is 4.79 Å². The summed E-state index contributed by atoms with van der Waals surface area (Å²) in [4.78, 5) is 13.2. The van der Waals surface area contributed by atoms with Gasteiger partial charge in [-0.05, 0) is 54.2 Å². The van der Waals surface area contributed by atoms with E-state index in [9.17, 15) is 4.79 Å². The lowest BCUT2D eigenvalue weighted by Crippen LogP contribution is -2.37. The number of rotatable bonds is 6. The average molecular weight is 358 g/mol. The summed E-state index contributed by atoms with van der Waals surface area (Å²) in [6.07, 6.45) is 1.95. The molecule has 4 nitrogen and oxygen atoms in total. The Morgan fingerprint density at radius 1 is 1.20 bits per heavy atom. The number of hydrogen-bond acceptors (Lipinski definition) is 3. The van der Waals surface area contributed by atoms with E-state index in [2.05, 4.69) is 50.4 Å². The number of urea groups is 1.